The van der Waals surface area contributed by atoms with E-state index in [1.54, 1.807) is 18.9 Å². The van der Waals surface area contributed by atoms with Crippen LogP contribution in [-0.2, 0) is 24.9 Å². The fourth-order valence-corrected chi connectivity index (χ4v) is 5.29. The monoisotopic (exact) mass is 513 g/mol. The number of ether oxygens (including phenoxy) is 1. The smallest absolute Gasteiger partial charge is 0.410 e. The first-order chi connectivity index (χ1) is 17.7. The van der Waals surface area contributed by atoms with E-state index in [4.69, 9.17) is 15.5 Å². The molecule has 2 aromatic rings. The Kier molecular flexibility index (Phi) is 8.27. The number of imidazole rings is 1. The highest BCUT2D eigenvalue weighted by atomic mass is 16.6. The van der Waals surface area contributed by atoms with Crippen molar-refractivity contribution in [3.63, 3.8) is 0 Å². The van der Waals surface area contributed by atoms with E-state index in [0.717, 1.165) is 32.2 Å². The second-order valence-electron chi connectivity index (χ2n) is 10.4. The van der Waals surface area contributed by atoms with E-state index in [1.165, 1.54) is 9.13 Å². The van der Waals surface area contributed by atoms with Crippen LogP contribution in [0.2, 0.25) is 0 Å². The Morgan fingerprint density at radius 1 is 1.16 bits per heavy atom. The lowest BCUT2D eigenvalue weighted by atomic mass is 9.94. The lowest BCUT2D eigenvalue weighted by molar-refractivity contribution is 0.0644. The number of anilines is 1. The molecule has 2 aliphatic heterocycles. The molecule has 11 nitrogen and oxygen atoms in total. The van der Waals surface area contributed by atoms with Gasteiger partial charge in [-0.25, -0.2) is 9.59 Å². The fraction of sp³-hybridized carbons (Fsp3) is 0.692. The average Bonchev–Trinajstić information content (AvgIpc) is 3.26. The molecule has 0 aromatic carbocycles. The number of carbonyl (C=O) groups excluding carboxylic acids is 1. The van der Waals surface area contributed by atoms with Crippen molar-refractivity contribution in [3.8, 4) is 11.8 Å². The predicted molar refractivity (Wildman–Crippen MR) is 143 cm³/mol. The van der Waals surface area contributed by atoms with Gasteiger partial charge in [0.05, 0.1) is 12.6 Å². The predicted octanol–water partition coefficient (Wildman–Crippen LogP) is 1.49. The van der Waals surface area contributed by atoms with Gasteiger partial charge in [0.2, 0.25) is 5.95 Å². The highest BCUT2D eigenvalue weighted by Gasteiger charge is 2.27. The summed E-state index contributed by atoms with van der Waals surface area (Å²) >= 11 is 0. The van der Waals surface area contributed by atoms with Crippen molar-refractivity contribution in [3.05, 3.63) is 20.8 Å². The molecule has 2 N–H and O–H groups in total. The summed E-state index contributed by atoms with van der Waals surface area (Å²) in [6, 6.07) is 0.0402. The maximum atomic E-state index is 13.7. The molecule has 0 radical (unpaired) electrons. The van der Waals surface area contributed by atoms with Crippen LogP contribution in [0.25, 0.3) is 11.2 Å². The summed E-state index contributed by atoms with van der Waals surface area (Å²) in [5, 5.41) is 0. The van der Waals surface area contributed by atoms with E-state index >= 15 is 0 Å². The van der Waals surface area contributed by atoms with Gasteiger partial charge in [-0.3, -0.25) is 18.5 Å². The zero-order valence-electron chi connectivity index (χ0n) is 22.4. The molecule has 2 aliphatic rings. The van der Waals surface area contributed by atoms with Crippen LogP contribution in [0.3, 0.4) is 0 Å². The quantitative estimate of drug-likeness (QED) is 0.581. The Labute approximate surface area is 217 Å². The Morgan fingerprint density at radius 2 is 1.89 bits per heavy atom. The summed E-state index contributed by atoms with van der Waals surface area (Å²) in [6.07, 6.45) is 3.78. The van der Waals surface area contributed by atoms with Crippen LogP contribution in [-0.4, -0.2) is 68.0 Å². The van der Waals surface area contributed by atoms with Gasteiger partial charge < -0.3 is 20.3 Å². The topological polar surface area (TPSA) is 121 Å². The third-order valence-electron chi connectivity index (χ3n) is 7.34. The third-order valence-corrected chi connectivity index (χ3v) is 7.34. The molecule has 2 aromatic heterocycles. The normalized spacial score (nSPS) is 18.8. The van der Waals surface area contributed by atoms with Crippen molar-refractivity contribution in [1.82, 2.24) is 23.6 Å². The minimum atomic E-state index is -0.372. The largest absolute Gasteiger partial charge is 0.447 e. The number of aryl methyl sites for hydroxylation is 1. The summed E-state index contributed by atoms with van der Waals surface area (Å²) in [7, 11) is 1.66. The molecule has 0 saturated carbocycles. The third kappa shape index (κ3) is 5.69. The molecule has 4 heterocycles. The Morgan fingerprint density at radius 3 is 2.54 bits per heavy atom. The number of rotatable bonds is 6. The average molecular weight is 514 g/mol. The van der Waals surface area contributed by atoms with Gasteiger partial charge in [0.1, 0.15) is 0 Å². The van der Waals surface area contributed by atoms with Crippen molar-refractivity contribution in [2.45, 2.75) is 78.1 Å². The summed E-state index contributed by atoms with van der Waals surface area (Å²) in [5.41, 5.74) is 6.27. The van der Waals surface area contributed by atoms with Crippen LogP contribution in [0, 0.1) is 17.8 Å². The second-order valence-corrected chi connectivity index (χ2v) is 10.4. The summed E-state index contributed by atoms with van der Waals surface area (Å²) < 4.78 is 9.92. The van der Waals surface area contributed by atoms with Crippen molar-refractivity contribution >= 4 is 23.2 Å². The van der Waals surface area contributed by atoms with Crippen LogP contribution in [0.5, 0.6) is 0 Å². The molecule has 0 aliphatic carbocycles. The highest BCUT2D eigenvalue weighted by Crippen LogP contribution is 2.24. The SMILES string of the molecule is CC#CCn1c(N2CCC[C@@H](N)C2)nc2c1c(=O)n(CCC1CCN(C(=O)OC(C)C)CC1)c(=O)n2C. The van der Waals surface area contributed by atoms with Crippen molar-refractivity contribution in [2.24, 2.45) is 18.7 Å². The minimum absolute atomic E-state index is 0.0402. The molecule has 0 bridgehead atoms. The Hall–Kier alpha value is -3.26. The number of hydrogen-bond acceptors (Lipinski definition) is 7. The van der Waals surface area contributed by atoms with Gasteiger partial charge in [-0.05, 0) is 58.8 Å². The first kappa shape index (κ1) is 26.8. The minimum Gasteiger partial charge on any atom is -0.447 e. The van der Waals surface area contributed by atoms with Crippen molar-refractivity contribution < 1.29 is 9.53 Å². The van der Waals surface area contributed by atoms with Crippen molar-refractivity contribution in [2.75, 3.05) is 31.1 Å². The van der Waals surface area contributed by atoms with Gasteiger partial charge in [-0.1, -0.05) is 5.92 Å². The van der Waals surface area contributed by atoms with Crippen LogP contribution in [0.15, 0.2) is 9.59 Å². The number of nitrogens with two attached hydrogens (primary N) is 1. The first-order valence-electron chi connectivity index (χ1n) is 13.3. The van der Waals surface area contributed by atoms with Crippen molar-refractivity contribution in [1.29, 1.82) is 0 Å². The molecule has 0 unspecified atom stereocenters. The standard InChI is InChI=1S/C26H39N7O4/c1-5-6-13-32-21-22(28-24(32)31-12-7-8-20(27)17-31)29(4)25(35)33(23(21)34)16-11-19-9-14-30(15-10-19)26(36)37-18(2)3/h18-20H,7-17,27H2,1-4H3/t20-/m1/s1. The molecule has 4 rings (SSSR count). The molecule has 1 amide bonds. The van der Waals surface area contributed by atoms with E-state index in [1.807, 2.05) is 18.4 Å². The molecule has 37 heavy (non-hydrogen) atoms. The number of hydrogen-bond donors (Lipinski definition) is 1. The van der Waals surface area contributed by atoms with E-state index in [2.05, 4.69) is 16.7 Å². The molecular weight excluding hydrogens is 474 g/mol. The number of piperidine rings is 2. The van der Waals surface area contributed by atoms with E-state index in [0.29, 0.717) is 62.2 Å². The maximum Gasteiger partial charge on any atom is 0.410 e. The molecular formula is C26H39N7O4. The summed E-state index contributed by atoms with van der Waals surface area (Å²) in [6.45, 7) is 8.74. The number of amides is 1. The van der Waals surface area contributed by atoms with E-state index in [-0.39, 0.29) is 29.5 Å². The Bertz CT molecular complexity index is 1300. The van der Waals surface area contributed by atoms with Gasteiger partial charge in [0.25, 0.3) is 5.56 Å². The number of fused-ring (bicyclic) bond motifs is 1. The van der Waals surface area contributed by atoms with Gasteiger partial charge >= 0.3 is 11.8 Å². The Balaban J connectivity index is 1.59. The van der Waals surface area contributed by atoms with E-state index < -0.39 is 0 Å². The number of carbonyl (C=O) groups is 1. The van der Waals surface area contributed by atoms with Crippen LogP contribution in [0.1, 0.15) is 52.9 Å². The molecule has 2 fully saturated rings. The zero-order valence-corrected chi connectivity index (χ0v) is 22.4. The summed E-state index contributed by atoms with van der Waals surface area (Å²) in [5.74, 6) is 6.92. The lowest BCUT2D eigenvalue weighted by Gasteiger charge is -2.31. The number of aromatic nitrogens is 4. The molecule has 2 saturated heterocycles. The van der Waals surface area contributed by atoms with Gasteiger partial charge in [-0.2, -0.15) is 4.98 Å². The second kappa shape index (κ2) is 11.4. The molecule has 0 spiro atoms. The fourth-order valence-electron chi connectivity index (χ4n) is 5.29. The number of nitrogens with zero attached hydrogens (tertiary/aromatic N) is 6. The number of likely N-dealkylation sites (tertiary alicyclic amines) is 1. The highest BCUT2D eigenvalue weighted by molar-refractivity contribution is 5.75. The van der Waals surface area contributed by atoms with Gasteiger partial charge in [-0.15, -0.1) is 5.92 Å². The summed E-state index contributed by atoms with van der Waals surface area (Å²) in [4.78, 5) is 47.7. The molecule has 11 heteroatoms. The van der Waals surface area contributed by atoms with E-state index in [9.17, 15) is 14.4 Å². The van der Waals surface area contributed by atoms with Crippen LogP contribution >= 0.6 is 0 Å². The van der Waals surface area contributed by atoms with Crippen LogP contribution < -0.4 is 21.9 Å². The van der Waals surface area contributed by atoms with Gasteiger partial charge in [0.15, 0.2) is 11.2 Å². The van der Waals surface area contributed by atoms with Gasteiger partial charge in [0, 0.05) is 45.8 Å². The zero-order chi connectivity index (χ0) is 26.7. The van der Waals surface area contributed by atoms with Crippen LogP contribution in [0.4, 0.5) is 10.7 Å². The maximum absolute atomic E-state index is 13.7. The molecule has 1 atom stereocenters. The molecule has 202 valence electrons. The lowest BCUT2D eigenvalue weighted by Crippen LogP contribution is -2.44. The first-order valence-corrected chi connectivity index (χ1v) is 13.3.